The number of fused-ring (bicyclic) bond motifs is 3. The molecule has 8 nitrogen and oxygen atoms in total. The van der Waals surface area contributed by atoms with Gasteiger partial charge in [0, 0.05) is 17.5 Å². The van der Waals surface area contributed by atoms with Gasteiger partial charge >= 0.3 is 12.1 Å². The Balaban J connectivity index is 1.42. The molecule has 2 N–H and O–H groups in total. The van der Waals surface area contributed by atoms with Crippen molar-refractivity contribution >= 4 is 12.1 Å². The molecular weight excluding hydrogens is 510 g/mol. The number of methoxy groups -OCH3 is 2. The highest BCUT2D eigenvalue weighted by molar-refractivity contribution is 5.79. The number of carbonyl (C=O) groups excluding carboxylic acids is 1. The van der Waals surface area contributed by atoms with Crippen molar-refractivity contribution in [2.45, 2.75) is 18.1 Å². The molecule has 0 aromatic heterocycles. The van der Waals surface area contributed by atoms with E-state index in [-0.39, 0.29) is 12.5 Å². The van der Waals surface area contributed by atoms with Gasteiger partial charge in [0.05, 0.1) is 14.2 Å². The van der Waals surface area contributed by atoms with Gasteiger partial charge in [0.15, 0.2) is 0 Å². The van der Waals surface area contributed by atoms with Gasteiger partial charge in [-0.1, -0.05) is 66.7 Å². The Bertz CT molecular complexity index is 1460. The van der Waals surface area contributed by atoms with Crippen LogP contribution in [0.15, 0.2) is 97.1 Å². The standard InChI is InChI=1S/C32H29NO7/c1-37-21-16-17-26(28(18-21)38-2)29(30(31(34)35)40-20-10-4-3-5-11-20)33-32(36)39-19-27-24-14-8-6-12-22(24)23-13-7-9-15-25(23)27/h3-18,27,29-30H,19H2,1-2H3,(H,33,36)(H,34,35)/t29-,30+/m1/s1. The topological polar surface area (TPSA) is 103 Å². The zero-order chi connectivity index (χ0) is 28.1. The monoisotopic (exact) mass is 539 g/mol. The minimum Gasteiger partial charge on any atom is -0.497 e. The lowest BCUT2D eigenvalue weighted by atomic mass is 9.98. The van der Waals surface area contributed by atoms with E-state index in [4.69, 9.17) is 18.9 Å². The molecule has 0 aliphatic heterocycles. The van der Waals surface area contributed by atoms with E-state index in [1.165, 1.54) is 14.2 Å². The van der Waals surface area contributed by atoms with Gasteiger partial charge < -0.3 is 29.4 Å². The molecule has 40 heavy (non-hydrogen) atoms. The van der Waals surface area contributed by atoms with Crippen LogP contribution in [0.3, 0.4) is 0 Å². The van der Waals surface area contributed by atoms with Crippen molar-refractivity contribution < 1.29 is 33.6 Å². The normalized spacial score (nSPS) is 13.3. The van der Waals surface area contributed by atoms with Gasteiger partial charge in [-0.05, 0) is 46.5 Å². The molecule has 0 spiro atoms. The molecule has 4 aromatic rings. The van der Waals surface area contributed by atoms with Crippen LogP contribution in [0.2, 0.25) is 0 Å². The molecule has 1 amide bonds. The Morgan fingerprint density at radius 2 is 1.43 bits per heavy atom. The lowest BCUT2D eigenvalue weighted by Crippen LogP contribution is -2.44. The van der Waals surface area contributed by atoms with Crippen molar-refractivity contribution in [1.29, 1.82) is 0 Å². The van der Waals surface area contributed by atoms with E-state index in [1.54, 1.807) is 48.5 Å². The summed E-state index contributed by atoms with van der Waals surface area (Å²) in [5, 5.41) is 12.9. The van der Waals surface area contributed by atoms with Crippen LogP contribution in [0.4, 0.5) is 4.79 Å². The summed E-state index contributed by atoms with van der Waals surface area (Å²) >= 11 is 0. The summed E-state index contributed by atoms with van der Waals surface area (Å²) in [6, 6.07) is 28.3. The lowest BCUT2D eigenvalue weighted by Gasteiger charge is -2.27. The van der Waals surface area contributed by atoms with Crippen molar-refractivity contribution in [3.63, 3.8) is 0 Å². The molecule has 5 rings (SSSR count). The average molecular weight is 540 g/mol. The smallest absolute Gasteiger partial charge is 0.407 e. The fourth-order valence-corrected chi connectivity index (χ4v) is 5.07. The van der Waals surface area contributed by atoms with E-state index in [1.807, 2.05) is 36.4 Å². The zero-order valence-corrected chi connectivity index (χ0v) is 22.1. The van der Waals surface area contributed by atoms with Gasteiger partial charge in [-0.15, -0.1) is 0 Å². The Kier molecular flexibility index (Phi) is 7.87. The maximum Gasteiger partial charge on any atom is 0.407 e. The average Bonchev–Trinajstić information content (AvgIpc) is 3.31. The third kappa shape index (κ3) is 5.42. The van der Waals surface area contributed by atoms with Crippen LogP contribution in [0, 0.1) is 0 Å². The molecule has 4 aromatic carbocycles. The summed E-state index contributed by atoms with van der Waals surface area (Å²) < 4.78 is 22.4. The second-order valence-corrected chi connectivity index (χ2v) is 9.25. The van der Waals surface area contributed by atoms with E-state index in [0.717, 1.165) is 22.3 Å². The number of carbonyl (C=O) groups is 2. The Morgan fingerprint density at radius 3 is 2.02 bits per heavy atom. The number of amides is 1. The van der Waals surface area contributed by atoms with Crippen LogP contribution in [0.5, 0.6) is 17.2 Å². The first-order valence-corrected chi connectivity index (χ1v) is 12.8. The number of carboxylic acids is 1. The van der Waals surface area contributed by atoms with E-state index in [0.29, 0.717) is 22.8 Å². The van der Waals surface area contributed by atoms with Crippen LogP contribution >= 0.6 is 0 Å². The second kappa shape index (κ2) is 11.8. The number of alkyl carbamates (subject to hydrolysis) is 1. The number of benzene rings is 4. The van der Waals surface area contributed by atoms with Crippen molar-refractivity contribution in [3.8, 4) is 28.4 Å². The second-order valence-electron chi connectivity index (χ2n) is 9.25. The van der Waals surface area contributed by atoms with Crippen LogP contribution in [-0.4, -0.2) is 44.1 Å². The molecule has 1 aliphatic carbocycles. The maximum absolute atomic E-state index is 13.3. The molecule has 0 radical (unpaired) electrons. The minimum atomic E-state index is -1.50. The fraction of sp³-hybridized carbons (Fsp3) is 0.188. The summed E-state index contributed by atoms with van der Waals surface area (Å²) in [4.78, 5) is 25.7. The molecule has 1 aliphatic rings. The quantitative estimate of drug-likeness (QED) is 0.262. The Labute approximate surface area is 232 Å². The third-order valence-electron chi connectivity index (χ3n) is 6.95. The van der Waals surface area contributed by atoms with Gasteiger partial charge in [-0.3, -0.25) is 0 Å². The molecule has 0 saturated carbocycles. The first-order chi connectivity index (χ1) is 19.5. The predicted octanol–water partition coefficient (Wildman–Crippen LogP) is 5.82. The van der Waals surface area contributed by atoms with Crippen LogP contribution in [-0.2, 0) is 9.53 Å². The van der Waals surface area contributed by atoms with Gasteiger partial charge in [-0.25, -0.2) is 9.59 Å². The van der Waals surface area contributed by atoms with Gasteiger partial charge in [0.1, 0.15) is 29.9 Å². The van der Waals surface area contributed by atoms with Gasteiger partial charge in [-0.2, -0.15) is 0 Å². The van der Waals surface area contributed by atoms with E-state index in [9.17, 15) is 14.7 Å². The molecule has 2 atom stereocenters. The molecule has 0 heterocycles. The molecule has 0 unspecified atom stereocenters. The minimum absolute atomic E-state index is 0.0730. The molecule has 8 heteroatoms. The summed E-state index contributed by atoms with van der Waals surface area (Å²) in [5.41, 5.74) is 4.74. The van der Waals surface area contributed by atoms with Gasteiger partial charge in [0.25, 0.3) is 0 Å². The highest BCUT2D eigenvalue weighted by atomic mass is 16.6. The van der Waals surface area contributed by atoms with Crippen molar-refractivity contribution in [2.24, 2.45) is 0 Å². The molecule has 204 valence electrons. The van der Waals surface area contributed by atoms with Gasteiger partial charge in [0.2, 0.25) is 6.10 Å². The maximum atomic E-state index is 13.3. The Morgan fingerprint density at radius 1 is 0.800 bits per heavy atom. The highest BCUT2D eigenvalue weighted by Crippen LogP contribution is 2.44. The largest absolute Gasteiger partial charge is 0.497 e. The summed E-state index contributed by atoms with van der Waals surface area (Å²) in [5.74, 6) is -0.252. The fourth-order valence-electron chi connectivity index (χ4n) is 5.07. The zero-order valence-electron chi connectivity index (χ0n) is 22.1. The van der Waals surface area contributed by atoms with Crippen LogP contribution in [0.25, 0.3) is 11.1 Å². The first kappa shape index (κ1) is 26.6. The van der Waals surface area contributed by atoms with E-state index in [2.05, 4.69) is 17.4 Å². The van der Waals surface area contributed by atoms with Crippen LogP contribution in [0.1, 0.15) is 28.7 Å². The van der Waals surface area contributed by atoms with Crippen molar-refractivity contribution in [2.75, 3.05) is 20.8 Å². The third-order valence-corrected chi connectivity index (χ3v) is 6.95. The number of ether oxygens (including phenoxy) is 4. The molecule has 0 fully saturated rings. The number of para-hydroxylation sites is 1. The van der Waals surface area contributed by atoms with E-state index >= 15 is 0 Å². The Hall–Kier alpha value is -4.98. The van der Waals surface area contributed by atoms with Crippen molar-refractivity contribution in [1.82, 2.24) is 5.32 Å². The predicted molar refractivity (Wildman–Crippen MR) is 149 cm³/mol. The number of nitrogens with one attached hydrogen (secondary N) is 1. The summed E-state index contributed by atoms with van der Waals surface area (Å²) in [7, 11) is 2.97. The SMILES string of the molecule is COc1ccc([C@@H](NC(=O)OCC2c3ccccc3-c3ccccc32)[C@H](Oc2ccccc2)C(=O)O)c(OC)c1. The first-order valence-electron chi connectivity index (χ1n) is 12.8. The molecular formula is C32H29NO7. The van der Waals surface area contributed by atoms with E-state index < -0.39 is 24.2 Å². The van der Waals surface area contributed by atoms with Crippen LogP contribution < -0.4 is 19.5 Å². The number of aliphatic carboxylic acids is 1. The number of rotatable bonds is 10. The molecule has 0 bridgehead atoms. The number of carboxylic acid groups (broad SMARTS) is 1. The van der Waals surface area contributed by atoms with Crippen molar-refractivity contribution in [3.05, 3.63) is 114 Å². The highest BCUT2D eigenvalue weighted by Gasteiger charge is 2.36. The molecule has 0 saturated heterocycles. The summed E-state index contributed by atoms with van der Waals surface area (Å²) in [6.07, 6.45) is -2.28. The number of hydrogen-bond acceptors (Lipinski definition) is 6. The lowest BCUT2D eigenvalue weighted by molar-refractivity contribution is -0.146. The number of hydrogen-bond donors (Lipinski definition) is 2. The summed E-state index contributed by atoms with van der Waals surface area (Å²) in [6.45, 7) is 0.0730.